The molecule has 0 aromatic heterocycles. The molecule has 0 bridgehead atoms. The van der Waals surface area contributed by atoms with Crippen LogP contribution in [-0.4, -0.2) is 22.8 Å². The van der Waals surface area contributed by atoms with E-state index in [1.807, 2.05) is 0 Å². The van der Waals surface area contributed by atoms with Crippen molar-refractivity contribution >= 4 is 8.56 Å². The Hall–Kier alpha value is 0.175. The molecule has 0 aliphatic rings. The van der Waals surface area contributed by atoms with Crippen LogP contribution in [0.3, 0.4) is 0 Å². The quantitative estimate of drug-likeness (QED) is 0.157. The monoisotopic (exact) mass is 577 g/mol. The van der Waals surface area contributed by atoms with Crippen LogP contribution in [0.15, 0.2) is 0 Å². The number of hydrogen-bond acceptors (Lipinski definition) is 2. The van der Waals surface area contributed by atoms with Crippen molar-refractivity contribution in [3.05, 3.63) is 50.1 Å². The van der Waals surface area contributed by atoms with Gasteiger partial charge in [0.15, 0.2) is 0 Å². The van der Waals surface area contributed by atoms with E-state index in [9.17, 15) is 0 Å². The van der Waals surface area contributed by atoms with Crippen LogP contribution in [0.2, 0.25) is 12.6 Å². The average molecular weight is 578 g/mol. The summed E-state index contributed by atoms with van der Waals surface area (Å²) < 4.78 is 11.1. The Labute approximate surface area is 187 Å². The standard InChI is InChI=1S/C20H37O2Si.3CH3.Pt/c1-16-17(2)19(4)20(18(16)3)14-12-10-8-9-11-13-15-23(7,21-5)22-6;;;;/h8-15H2,1-7H3;3*1H3;/q4*-1;+4. The van der Waals surface area contributed by atoms with E-state index in [-0.39, 0.29) is 43.3 Å². The Morgan fingerprint density at radius 3 is 1.63 bits per heavy atom. The van der Waals surface area contributed by atoms with Crippen LogP contribution in [0.25, 0.3) is 0 Å². The normalized spacial score (nSPS) is 10.3. The predicted molar refractivity (Wildman–Crippen MR) is 122 cm³/mol. The van der Waals surface area contributed by atoms with Crippen LogP contribution in [0, 0.1) is 50.0 Å². The second kappa shape index (κ2) is 17.1. The molecule has 27 heavy (non-hydrogen) atoms. The summed E-state index contributed by atoms with van der Waals surface area (Å²) in [6.07, 6.45) is 9.18. The molecule has 0 aliphatic heterocycles. The fraction of sp³-hybridized carbons (Fsp3) is 0.652. The first kappa shape index (κ1) is 34.7. The smallest absolute Gasteiger partial charge is 0.398 e. The Kier molecular flexibility index (Phi) is 21.9. The summed E-state index contributed by atoms with van der Waals surface area (Å²) in [4.78, 5) is 0. The number of rotatable bonds is 11. The molecule has 0 amide bonds. The largest absolute Gasteiger partial charge is 4.00 e. The molecule has 0 spiro atoms. The fourth-order valence-corrected chi connectivity index (χ4v) is 4.88. The Balaban J connectivity index is -0.000000661. The second-order valence-electron chi connectivity index (χ2n) is 7.14. The maximum Gasteiger partial charge on any atom is 4.00 e. The molecule has 0 fully saturated rings. The van der Waals surface area contributed by atoms with Crippen LogP contribution in [0.4, 0.5) is 0 Å². The van der Waals surface area contributed by atoms with Crippen molar-refractivity contribution in [1.29, 1.82) is 0 Å². The van der Waals surface area contributed by atoms with Crippen molar-refractivity contribution in [2.75, 3.05) is 14.2 Å². The van der Waals surface area contributed by atoms with Gasteiger partial charge in [-0.15, -0.1) is 0 Å². The summed E-state index contributed by atoms with van der Waals surface area (Å²) in [5.74, 6) is 0. The third kappa shape index (κ3) is 10.5. The third-order valence-corrected chi connectivity index (χ3v) is 8.75. The molecular formula is C23H46O2PtSi. The van der Waals surface area contributed by atoms with E-state index in [1.165, 1.54) is 67.2 Å². The van der Waals surface area contributed by atoms with Crippen LogP contribution >= 0.6 is 0 Å². The minimum absolute atomic E-state index is 0. The Bertz CT molecular complexity index is 454. The van der Waals surface area contributed by atoms with E-state index in [0.29, 0.717) is 0 Å². The van der Waals surface area contributed by atoms with Gasteiger partial charge < -0.3 is 31.1 Å². The van der Waals surface area contributed by atoms with Gasteiger partial charge in [-0.1, -0.05) is 72.6 Å². The van der Waals surface area contributed by atoms with Gasteiger partial charge in [-0.05, 0) is 12.6 Å². The molecule has 0 aliphatic carbocycles. The van der Waals surface area contributed by atoms with Gasteiger partial charge in [0.2, 0.25) is 0 Å². The maximum atomic E-state index is 5.53. The molecule has 1 aromatic carbocycles. The zero-order valence-corrected chi connectivity index (χ0v) is 23.1. The topological polar surface area (TPSA) is 18.5 Å². The molecule has 1 rings (SSSR count). The van der Waals surface area contributed by atoms with Gasteiger partial charge >= 0.3 is 29.6 Å². The van der Waals surface area contributed by atoms with Gasteiger partial charge in [0.1, 0.15) is 0 Å². The number of hydrogen-bond donors (Lipinski definition) is 0. The molecule has 0 N–H and O–H groups in total. The first-order valence-electron chi connectivity index (χ1n) is 9.18. The van der Waals surface area contributed by atoms with Gasteiger partial charge in [0, 0.05) is 14.2 Å². The summed E-state index contributed by atoms with van der Waals surface area (Å²) in [5.41, 5.74) is 7.68. The van der Waals surface area contributed by atoms with Gasteiger partial charge in [-0.3, -0.25) is 0 Å². The fourth-order valence-electron chi connectivity index (χ4n) is 3.41. The van der Waals surface area contributed by atoms with E-state index in [1.54, 1.807) is 19.8 Å². The Morgan fingerprint density at radius 1 is 0.778 bits per heavy atom. The van der Waals surface area contributed by atoms with Crippen LogP contribution in [0.1, 0.15) is 66.3 Å². The molecule has 164 valence electrons. The molecule has 4 heteroatoms. The van der Waals surface area contributed by atoms with E-state index >= 15 is 0 Å². The zero-order chi connectivity index (χ0) is 17.5. The van der Waals surface area contributed by atoms with Gasteiger partial charge in [-0.25, -0.2) is 0 Å². The van der Waals surface area contributed by atoms with Crippen molar-refractivity contribution in [3.8, 4) is 0 Å². The zero-order valence-electron chi connectivity index (χ0n) is 19.8. The summed E-state index contributed by atoms with van der Waals surface area (Å²) in [6, 6.07) is 1.12. The average Bonchev–Trinajstić information content (AvgIpc) is 2.74. The molecular weight excluding hydrogens is 531 g/mol. The van der Waals surface area contributed by atoms with Crippen molar-refractivity contribution in [2.45, 2.75) is 85.2 Å². The minimum Gasteiger partial charge on any atom is -0.398 e. The summed E-state index contributed by atoms with van der Waals surface area (Å²) in [6.45, 7) is 11.3. The van der Waals surface area contributed by atoms with Crippen LogP contribution in [-0.2, 0) is 36.3 Å². The molecule has 0 saturated heterocycles. The van der Waals surface area contributed by atoms with Crippen molar-refractivity contribution in [2.24, 2.45) is 0 Å². The van der Waals surface area contributed by atoms with E-state index < -0.39 is 8.56 Å². The van der Waals surface area contributed by atoms with E-state index in [2.05, 4.69) is 34.2 Å². The van der Waals surface area contributed by atoms with Crippen LogP contribution in [0.5, 0.6) is 0 Å². The molecule has 0 atom stereocenters. The first-order valence-corrected chi connectivity index (χ1v) is 11.7. The van der Waals surface area contributed by atoms with Crippen molar-refractivity contribution in [1.82, 2.24) is 0 Å². The second-order valence-corrected chi connectivity index (χ2v) is 10.7. The molecule has 0 saturated carbocycles. The maximum absolute atomic E-state index is 5.53. The van der Waals surface area contributed by atoms with E-state index in [4.69, 9.17) is 8.85 Å². The predicted octanol–water partition coefficient (Wildman–Crippen LogP) is 7.24. The first-order chi connectivity index (χ1) is 10.9. The molecule has 1 aromatic rings. The summed E-state index contributed by atoms with van der Waals surface area (Å²) in [7, 11) is 1.74. The summed E-state index contributed by atoms with van der Waals surface area (Å²) in [5, 5.41) is 0. The molecule has 2 nitrogen and oxygen atoms in total. The van der Waals surface area contributed by atoms with E-state index in [0.717, 1.165) is 6.04 Å². The van der Waals surface area contributed by atoms with Gasteiger partial charge in [0.05, 0.1) is 0 Å². The Morgan fingerprint density at radius 2 is 1.22 bits per heavy atom. The van der Waals surface area contributed by atoms with Gasteiger partial charge in [0.25, 0.3) is 0 Å². The van der Waals surface area contributed by atoms with Crippen molar-refractivity contribution in [3.63, 3.8) is 0 Å². The molecule has 0 radical (unpaired) electrons. The van der Waals surface area contributed by atoms with Crippen LogP contribution < -0.4 is 0 Å². The molecule has 0 heterocycles. The van der Waals surface area contributed by atoms with Gasteiger partial charge in [-0.2, -0.15) is 27.8 Å². The minimum atomic E-state index is -1.83. The van der Waals surface area contributed by atoms with Crippen molar-refractivity contribution < 1.29 is 29.9 Å². The molecule has 0 unspecified atom stereocenters. The number of unbranched alkanes of at least 4 members (excludes halogenated alkanes) is 5. The summed E-state index contributed by atoms with van der Waals surface area (Å²) >= 11 is 0. The third-order valence-electron chi connectivity index (χ3n) is 5.76. The SMILES string of the molecule is CO[Si](C)(CCCCCCCCc1c(C)c(C)c(C)[c-]1C)OC.[CH3-].[CH3-].[CH3-].[Pt+4].